The van der Waals surface area contributed by atoms with E-state index in [0.29, 0.717) is 15.8 Å². The van der Waals surface area contributed by atoms with Crippen molar-refractivity contribution in [1.82, 2.24) is 10.2 Å². The summed E-state index contributed by atoms with van der Waals surface area (Å²) in [7, 11) is 0. The smallest absolute Gasteiger partial charge is 0.267 e. The van der Waals surface area contributed by atoms with Gasteiger partial charge in [0.2, 0.25) is 5.13 Å². The first-order valence-electron chi connectivity index (χ1n) is 6.67. The Hall–Kier alpha value is -1.77. The standard InChI is InChI=1S/C15H12FN3OS3/c1-9-5-12(21-7-9)13(20)17-14-18-19-15(23-14)22-8-10-3-2-4-11(16)6-10/h2-7H,8H2,1H3,(H,17,18,20). The highest BCUT2D eigenvalue weighted by atomic mass is 32.2. The monoisotopic (exact) mass is 365 g/mol. The van der Waals surface area contributed by atoms with Crippen molar-refractivity contribution in [2.24, 2.45) is 0 Å². The molecule has 0 bridgehead atoms. The summed E-state index contributed by atoms with van der Waals surface area (Å²) in [6.45, 7) is 1.94. The van der Waals surface area contributed by atoms with Gasteiger partial charge in [0.05, 0.1) is 4.88 Å². The van der Waals surface area contributed by atoms with E-state index in [4.69, 9.17) is 0 Å². The molecule has 3 aromatic rings. The molecule has 8 heteroatoms. The minimum Gasteiger partial charge on any atom is -0.296 e. The number of halogens is 1. The van der Waals surface area contributed by atoms with Crippen molar-refractivity contribution >= 4 is 45.5 Å². The summed E-state index contributed by atoms with van der Waals surface area (Å²) < 4.78 is 13.9. The molecule has 0 spiro atoms. The topological polar surface area (TPSA) is 54.9 Å². The predicted octanol–water partition coefficient (Wildman–Crippen LogP) is 4.59. The normalized spacial score (nSPS) is 10.7. The molecule has 0 fully saturated rings. The van der Waals surface area contributed by atoms with Crippen LogP contribution in [0.3, 0.4) is 0 Å². The second-order valence-corrected chi connectivity index (χ2v) is 7.85. The van der Waals surface area contributed by atoms with Crippen molar-refractivity contribution in [1.29, 1.82) is 0 Å². The molecule has 0 saturated carbocycles. The lowest BCUT2D eigenvalue weighted by Crippen LogP contribution is -2.09. The molecular formula is C15H12FN3OS3. The van der Waals surface area contributed by atoms with Crippen LogP contribution in [-0.4, -0.2) is 16.1 Å². The van der Waals surface area contributed by atoms with Gasteiger partial charge >= 0.3 is 0 Å². The van der Waals surface area contributed by atoms with E-state index in [0.717, 1.165) is 15.5 Å². The number of hydrogen-bond acceptors (Lipinski definition) is 6. The molecule has 0 atom stereocenters. The number of thioether (sulfide) groups is 1. The van der Waals surface area contributed by atoms with Crippen LogP contribution in [0.2, 0.25) is 0 Å². The second kappa shape index (κ2) is 7.20. The van der Waals surface area contributed by atoms with Crippen LogP contribution in [0.5, 0.6) is 0 Å². The summed E-state index contributed by atoms with van der Waals surface area (Å²) in [6.07, 6.45) is 0. The maximum atomic E-state index is 13.1. The predicted molar refractivity (Wildman–Crippen MR) is 92.9 cm³/mol. The summed E-state index contributed by atoms with van der Waals surface area (Å²) in [5.41, 5.74) is 1.94. The lowest BCUT2D eigenvalue weighted by atomic mass is 10.2. The number of nitrogens with zero attached hydrogens (tertiary/aromatic N) is 2. The van der Waals surface area contributed by atoms with Gasteiger partial charge in [0.15, 0.2) is 4.34 Å². The van der Waals surface area contributed by atoms with Gasteiger partial charge in [-0.05, 0) is 41.6 Å². The highest BCUT2D eigenvalue weighted by Crippen LogP contribution is 2.29. The average molecular weight is 365 g/mol. The van der Waals surface area contributed by atoms with Crippen molar-refractivity contribution in [3.63, 3.8) is 0 Å². The largest absolute Gasteiger partial charge is 0.296 e. The highest BCUT2D eigenvalue weighted by Gasteiger charge is 2.12. The van der Waals surface area contributed by atoms with Gasteiger partial charge in [0.1, 0.15) is 5.82 Å². The fourth-order valence-electron chi connectivity index (χ4n) is 1.80. The van der Waals surface area contributed by atoms with E-state index in [1.165, 1.54) is 46.6 Å². The first kappa shape index (κ1) is 16.1. The van der Waals surface area contributed by atoms with Crippen molar-refractivity contribution in [3.8, 4) is 0 Å². The average Bonchev–Trinajstić information content (AvgIpc) is 3.14. The molecule has 2 heterocycles. The van der Waals surface area contributed by atoms with Crippen LogP contribution in [0.4, 0.5) is 9.52 Å². The Labute approximate surface area is 144 Å². The molecule has 1 N–H and O–H groups in total. The first-order chi connectivity index (χ1) is 11.1. The maximum absolute atomic E-state index is 13.1. The SMILES string of the molecule is Cc1csc(C(=O)Nc2nnc(SCc3cccc(F)c3)s2)c1. The van der Waals surface area contributed by atoms with Gasteiger partial charge in [0, 0.05) is 5.75 Å². The van der Waals surface area contributed by atoms with Gasteiger partial charge in [-0.15, -0.1) is 21.5 Å². The van der Waals surface area contributed by atoms with Crippen LogP contribution >= 0.6 is 34.4 Å². The number of rotatable bonds is 5. The number of carbonyl (C=O) groups is 1. The van der Waals surface area contributed by atoms with Crippen LogP contribution in [-0.2, 0) is 5.75 Å². The van der Waals surface area contributed by atoms with Gasteiger partial charge in [-0.3, -0.25) is 10.1 Å². The summed E-state index contributed by atoms with van der Waals surface area (Å²) in [5.74, 6) is 0.172. The maximum Gasteiger partial charge on any atom is 0.267 e. The van der Waals surface area contributed by atoms with E-state index in [2.05, 4.69) is 15.5 Å². The van der Waals surface area contributed by atoms with E-state index in [-0.39, 0.29) is 11.7 Å². The van der Waals surface area contributed by atoms with Crippen LogP contribution in [0.25, 0.3) is 0 Å². The molecule has 0 unspecified atom stereocenters. The van der Waals surface area contributed by atoms with Crippen molar-refractivity contribution in [2.75, 3.05) is 5.32 Å². The Bertz CT molecular complexity index is 831. The zero-order valence-corrected chi connectivity index (χ0v) is 14.5. The minimum atomic E-state index is -0.250. The van der Waals surface area contributed by atoms with E-state index >= 15 is 0 Å². The molecule has 3 rings (SSSR count). The molecule has 0 aliphatic heterocycles. The molecule has 23 heavy (non-hydrogen) atoms. The molecule has 0 aliphatic carbocycles. The summed E-state index contributed by atoms with van der Waals surface area (Å²) >= 11 is 4.16. The Balaban J connectivity index is 1.58. The van der Waals surface area contributed by atoms with Crippen LogP contribution in [0.15, 0.2) is 40.1 Å². The summed E-state index contributed by atoms with van der Waals surface area (Å²) in [6, 6.07) is 8.29. The molecule has 0 saturated heterocycles. The molecule has 0 aliphatic rings. The van der Waals surface area contributed by atoms with Crippen molar-refractivity contribution in [3.05, 3.63) is 57.5 Å². The lowest BCUT2D eigenvalue weighted by Gasteiger charge is -1.98. The molecule has 4 nitrogen and oxygen atoms in total. The van der Waals surface area contributed by atoms with Gasteiger partial charge in [-0.2, -0.15) is 0 Å². The number of aromatic nitrogens is 2. The zero-order valence-electron chi connectivity index (χ0n) is 12.1. The number of benzene rings is 1. The van der Waals surface area contributed by atoms with Gasteiger partial charge in [-0.1, -0.05) is 35.2 Å². The van der Waals surface area contributed by atoms with E-state index in [1.54, 1.807) is 6.07 Å². The first-order valence-corrected chi connectivity index (χ1v) is 9.35. The van der Waals surface area contributed by atoms with Gasteiger partial charge < -0.3 is 0 Å². The van der Waals surface area contributed by atoms with Gasteiger partial charge in [0.25, 0.3) is 5.91 Å². The molecule has 118 valence electrons. The molecule has 2 aromatic heterocycles. The number of carbonyl (C=O) groups excluding carboxylic acids is 1. The summed E-state index contributed by atoms with van der Waals surface area (Å²) in [5, 5.41) is 13.1. The number of hydrogen-bond donors (Lipinski definition) is 1. The molecular weight excluding hydrogens is 353 g/mol. The quantitative estimate of drug-likeness (QED) is 0.531. The van der Waals surface area contributed by atoms with Crippen LogP contribution < -0.4 is 5.32 Å². The third kappa shape index (κ3) is 4.37. The number of aryl methyl sites for hydroxylation is 1. The Morgan fingerprint density at radius 1 is 1.35 bits per heavy atom. The third-order valence-electron chi connectivity index (χ3n) is 2.83. The second-order valence-electron chi connectivity index (χ2n) is 4.73. The van der Waals surface area contributed by atoms with E-state index < -0.39 is 0 Å². The molecule has 1 aromatic carbocycles. The minimum absolute atomic E-state index is 0.180. The highest BCUT2D eigenvalue weighted by molar-refractivity contribution is 8.00. The number of nitrogens with one attached hydrogen (secondary N) is 1. The van der Waals surface area contributed by atoms with Crippen molar-refractivity contribution < 1.29 is 9.18 Å². The Morgan fingerprint density at radius 3 is 2.96 bits per heavy atom. The van der Waals surface area contributed by atoms with Crippen molar-refractivity contribution in [2.45, 2.75) is 17.0 Å². The Morgan fingerprint density at radius 2 is 2.22 bits per heavy atom. The third-order valence-corrected chi connectivity index (χ3v) is 5.92. The fraction of sp³-hybridized carbons (Fsp3) is 0.133. The zero-order chi connectivity index (χ0) is 16.2. The van der Waals surface area contributed by atoms with Crippen LogP contribution in [0.1, 0.15) is 20.8 Å². The van der Waals surface area contributed by atoms with E-state index in [9.17, 15) is 9.18 Å². The molecule has 1 amide bonds. The number of thiophene rings is 1. The summed E-state index contributed by atoms with van der Waals surface area (Å²) in [4.78, 5) is 12.7. The lowest BCUT2D eigenvalue weighted by molar-refractivity contribution is 0.103. The fourth-order valence-corrected chi connectivity index (χ4v) is 4.28. The van der Waals surface area contributed by atoms with E-state index in [1.807, 2.05) is 24.4 Å². The Kier molecular flexibility index (Phi) is 5.04. The molecule has 0 radical (unpaired) electrons. The number of anilines is 1. The van der Waals surface area contributed by atoms with Crippen LogP contribution in [0, 0.1) is 12.7 Å². The number of amides is 1. The van der Waals surface area contributed by atoms with Gasteiger partial charge in [-0.25, -0.2) is 4.39 Å².